The van der Waals surface area contributed by atoms with Crippen molar-refractivity contribution in [2.45, 2.75) is 19.5 Å². The van der Waals surface area contributed by atoms with E-state index in [0.29, 0.717) is 23.7 Å². The Bertz CT molecular complexity index is 1220. The molecule has 1 aliphatic rings. The highest BCUT2D eigenvalue weighted by molar-refractivity contribution is 6.46. The normalized spacial score (nSPS) is 17.1. The van der Waals surface area contributed by atoms with Gasteiger partial charge in [0.15, 0.2) is 0 Å². The number of rotatable bonds is 7. The van der Waals surface area contributed by atoms with Crippen molar-refractivity contribution < 1.29 is 28.6 Å². The van der Waals surface area contributed by atoms with Gasteiger partial charge in [0.25, 0.3) is 11.7 Å². The van der Waals surface area contributed by atoms with Crippen LogP contribution in [-0.4, -0.2) is 35.4 Å². The molecular weight excluding hydrogens is 437 g/mol. The summed E-state index contributed by atoms with van der Waals surface area (Å²) in [7, 11) is 1.54. The molecule has 4 rings (SSSR count). The molecular formula is C27H24FNO5. The molecule has 1 amide bonds. The highest BCUT2D eigenvalue weighted by atomic mass is 19.1. The van der Waals surface area contributed by atoms with Crippen molar-refractivity contribution >= 4 is 17.4 Å². The van der Waals surface area contributed by atoms with Gasteiger partial charge in [-0.1, -0.05) is 24.3 Å². The van der Waals surface area contributed by atoms with Crippen molar-refractivity contribution in [3.8, 4) is 11.5 Å². The maximum atomic E-state index is 13.4. The molecule has 1 unspecified atom stereocenters. The number of amides is 1. The van der Waals surface area contributed by atoms with Gasteiger partial charge >= 0.3 is 0 Å². The Morgan fingerprint density at radius 1 is 0.941 bits per heavy atom. The average Bonchev–Trinajstić information content (AvgIpc) is 3.10. The van der Waals surface area contributed by atoms with E-state index in [9.17, 15) is 19.1 Å². The number of nitrogens with zero attached hydrogens (tertiary/aromatic N) is 1. The first-order valence-electron chi connectivity index (χ1n) is 10.8. The number of aliphatic hydroxyl groups excluding tert-OH is 1. The van der Waals surface area contributed by atoms with E-state index in [1.807, 2.05) is 19.1 Å². The lowest BCUT2D eigenvalue weighted by Crippen LogP contribution is -2.29. The van der Waals surface area contributed by atoms with Crippen LogP contribution in [0, 0.1) is 5.82 Å². The van der Waals surface area contributed by atoms with E-state index >= 15 is 0 Å². The number of hydrogen-bond donors (Lipinski definition) is 1. The zero-order chi connectivity index (χ0) is 24.2. The SMILES string of the molecule is CCOc1ccc(CN2C(=O)C(=O)/C(=C(\O)c3ccc(F)cc3)C2c2ccc(OC)cc2)cc1. The predicted molar refractivity (Wildman–Crippen MR) is 125 cm³/mol. The fourth-order valence-electron chi connectivity index (χ4n) is 3.99. The first kappa shape index (κ1) is 23.0. The number of Topliss-reactive ketones (excluding diaryl/α,β-unsaturated/α-hetero) is 1. The van der Waals surface area contributed by atoms with E-state index in [-0.39, 0.29) is 23.4 Å². The van der Waals surface area contributed by atoms with E-state index in [0.717, 1.165) is 5.56 Å². The van der Waals surface area contributed by atoms with Gasteiger partial charge in [-0.25, -0.2) is 4.39 Å². The van der Waals surface area contributed by atoms with Crippen LogP contribution >= 0.6 is 0 Å². The summed E-state index contributed by atoms with van der Waals surface area (Å²) in [4.78, 5) is 27.6. The van der Waals surface area contributed by atoms with Gasteiger partial charge in [-0.3, -0.25) is 9.59 Å². The molecule has 0 bridgehead atoms. The molecule has 1 aliphatic heterocycles. The van der Waals surface area contributed by atoms with Crippen LogP contribution in [-0.2, 0) is 16.1 Å². The van der Waals surface area contributed by atoms with Crippen LogP contribution in [0.15, 0.2) is 78.4 Å². The van der Waals surface area contributed by atoms with Crippen LogP contribution < -0.4 is 9.47 Å². The van der Waals surface area contributed by atoms with Crippen molar-refractivity contribution in [3.63, 3.8) is 0 Å². The van der Waals surface area contributed by atoms with Gasteiger partial charge in [-0.2, -0.15) is 0 Å². The van der Waals surface area contributed by atoms with Crippen LogP contribution in [0.2, 0.25) is 0 Å². The largest absolute Gasteiger partial charge is 0.507 e. The number of carbonyl (C=O) groups excluding carboxylic acids is 2. The van der Waals surface area contributed by atoms with Crippen molar-refractivity contribution in [3.05, 3.63) is 101 Å². The molecule has 0 aromatic heterocycles. The molecule has 0 saturated carbocycles. The molecule has 34 heavy (non-hydrogen) atoms. The Morgan fingerprint density at radius 3 is 2.15 bits per heavy atom. The van der Waals surface area contributed by atoms with Crippen molar-refractivity contribution in [2.24, 2.45) is 0 Å². The molecule has 1 atom stereocenters. The molecule has 1 heterocycles. The summed E-state index contributed by atoms with van der Waals surface area (Å²) in [6.45, 7) is 2.58. The van der Waals surface area contributed by atoms with E-state index in [4.69, 9.17) is 9.47 Å². The molecule has 1 N–H and O–H groups in total. The number of ether oxygens (including phenoxy) is 2. The fraction of sp³-hybridized carbons (Fsp3) is 0.185. The summed E-state index contributed by atoms with van der Waals surface area (Å²) in [6, 6.07) is 18.5. The number of halogens is 1. The zero-order valence-corrected chi connectivity index (χ0v) is 18.8. The lowest BCUT2D eigenvalue weighted by atomic mass is 9.95. The number of methoxy groups -OCH3 is 1. The molecule has 3 aromatic rings. The zero-order valence-electron chi connectivity index (χ0n) is 18.8. The smallest absolute Gasteiger partial charge is 0.295 e. The minimum atomic E-state index is -0.831. The maximum absolute atomic E-state index is 13.4. The molecule has 174 valence electrons. The topological polar surface area (TPSA) is 76.1 Å². The third-order valence-electron chi connectivity index (χ3n) is 5.68. The molecule has 3 aromatic carbocycles. The van der Waals surface area contributed by atoms with E-state index in [1.165, 1.54) is 29.2 Å². The first-order valence-corrected chi connectivity index (χ1v) is 10.8. The van der Waals surface area contributed by atoms with Gasteiger partial charge in [0, 0.05) is 12.1 Å². The summed E-state index contributed by atoms with van der Waals surface area (Å²) in [5.41, 5.74) is 1.63. The van der Waals surface area contributed by atoms with E-state index < -0.39 is 23.5 Å². The van der Waals surface area contributed by atoms with Gasteiger partial charge < -0.3 is 19.5 Å². The van der Waals surface area contributed by atoms with Gasteiger partial charge in [-0.15, -0.1) is 0 Å². The standard InChI is InChI=1S/C27H24FNO5/c1-3-34-22-12-4-17(5-13-22)16-29-24(18-8-14-21(33-2)15-9-18)23(26(31)27(29)32)25(30)19-6-10-20(28)11-7-19/h4-15,24,30H,3,16H2,1-2H3/b25-23-. The molecule has 1 saturated heterocycles. The van der Waals surface area contributed by atoms with Crippen LogP contribution in [0.3, 0.4) is 0 Å². The molecule has 0 radical (unpaired) electrons. The van der Waals surface area contributed by atoms with Crippen LogP contribution in [0.25, 0.3) is 5.76 Å². The molecule has 0 aliphatic carbocycles. The Hall–Kier alpha value is -4.13. The summed E-state index contributed by atoms with van der Waals surface area (Å²) in [5.74, 6) is -1.03. The molecule has 7 heteroatoms. The van der Waals surface area contributed by atoms with E-state index in [1.54, 1.807) is 43.5 Å². The molecule has 0 spiro atoms. The van der Waals surface area contributed by atoms with E-state index in [2.05, 4.69) is 0 Å². The number of hydrogen-bond acceptors (Lipinski definition) is 5. The van der Waals surface area contributed by atoms with Gasteiger partial charge in [0.1, 0.15) is 23.1 Å². The van der Waals surface area contributed by atoms with Crippen molar-refractivity contribution in [1.29, 1.82) is 0 Å². The second kappa shape index (κ2) is 9.79. The fourth-order valence-corrected chi connectivity index (χ4v) is 3.99. The van der Waals surface area contributed by atoms with Gasteiger partial charge in [-0.05, 0) is 66.6 Å². The highest BCUT2D eigenvalue weighted by Gasteiger charge is 2.46. The molecule has 6 nitrogen and oxygen atoms in total. The quantitative estimate of drug-likeness (QED) is 0.309. The third kappa shape index (κ3) is 4.50. The summed E-state index contributed by atoms with van der Waals surface area (Å²) in [6.07, 6.45) is 0. The Labute approximate surface area is 196 Å². The third-order valence-corrected chi connectivity index (χ3v) is 5.68. The lowest BCUT2D eigenvalue weighted by molar-refractivity contribution is -0.140. The Morgan fingerprint density at radius 2 is 1.56 bits per heavy atom. The first-order chi connectivity index (χ1) is 16.4. The van der Waals surface area contributed by atoms with Gasteiger partial charge in [0.2, 0.25) is 0 Å². The lowest BCUT2D eigenvalue weighted by Gasteiger charge is -2.25. The second-order valence-corrected chi connectivity index (χ2v) is 7.78. The number of carbonyl (C=O) groups is 2. The predicted octanol–water partition coefficient (Wildman–Crippen LogP) is 4.85. The average molecular weight is 461 g/mol. The minimum absolute atomic E-state index is 0.0484. The number of likely N-dealkylation sites (tertiary alicyclic amines) is 1. The number of aliphatic hydroxyl groups is 1. The van der Waals surface area contributed by atoms with Crippen LogP contribution in [0.5, 0.6) is 11.5 Å². The Balaban J connectivity index is 1.78. The molecule has 1 fully saturated rings. The number of ketones is 1. The maximum Gasteiger partial charge on any atom is 0.295 e. The Kier molecular flexibility index (Phi) is 6.63. The summed E-state index contributed by atoms with van der Waals surface area (Å²) in [5, 5.41) is 11.0. The van der Waals surface area contributed by atoms with Crippen LogP contribution in [0.4, 0.5) is 4.39 Å². The van der Waals surface area contributed by atoms with Crippen LogP contribution in [0.1, 0.15) is 29.7 Å². The minimum Gasteiger partial charge on any atom is -0.507 e. The monoisotopic (exact) mass is 461 g/mol. The summed E-state index contributed by atoms with van der Waals surface area (Å²) < 4.78 is 24.1. The summed E-state index contributed by atoms with van der Waals surface area (Å²) >= 11 is 0. The highest BCUT2D eigenvalue weighted by Crippen LogP contribution is 2.40. The second-order valence-electron chi connectivity index (χ2n) is 7.78. The van der Waals surface area contributed by atoms with Gasteiger partial charge in [0.05, 0.1) is 25.3 Å². The number of benzene rings is 3. The van der Waals surface area contributed by atoms with Crippen molar-refractivity contribution in [2.75, 3.05) is 13.7 Å². The van der Waals surface area contributed by atoms with Crippen molar-refractivity contribution in [1.82, 2.24) is 4.90 Å².